The lowest BCUT2D eigenvalue weighted by molar-refractivity contribution is -0.131. The molecule has 0 aliphatic rings. The van der Waals surface area contributed by atoms with E-state index in [0.29, 0.717) is 11.4 Å². The molecule has 0 atom stereocenters. The van der Waals surface area contributed by atoms with Crippen molar-refractivity contribution in [2.75, 3.05) is 5.73 Å². The van der Waals surface area contributed by atoms with Crippen molar-refractivity contribution in [1.29, 1.82) is 0 Å². The molecule has 0 aromatic heterocycles. The number of hydrogen-bond acceptors (Lipinski definition) is 3. The third kappa shape index (κ3) is 1.76. The van der Waals surface area contributed by atoms with Gasteiger partial charge in [-0.25, -0.2) is 0 Å². The molecule has 15 heavy (non-hydrogen) atoms. The molecule has 0 fully saturated rings. The molecule has 3 heteroatoms. The van der Waals surface area contributed by atoms with Crippen molar-refractivity contribution in [3.63, 3.8) is 0 Å². The van der Waals surface area contributed by atoms with Crippen LogP contribution in [0.2, 0.25) is 0 Å². The lowest BCUT2D eigenvalue weighted by Crippen LogP contribution is -2.02. The number of carbonyl (C=O) groups excluding carboxylic acids is 1. The first-order valence-electron chi connectivity index (χ1n) is 4.64. The Labute approximate surface area is 87.5 Å². The first kappa shape index (κ1) is 9.52. The molecule has 2 N–H and O–H groups in total. The molecule has 0 saturated carbocycles. The molecular weight excluding hydrogens is 190 g/mol. The predicted octanol–water partition coefficient (Wildman–Crippen LogP) is 2.35. The minimum absolute atomic E-state index is 0.342. The largest absolute Gasteiger partial charge is 0.426 e. The van der Waals surface area contributed by atoms with Gasteiger partial charge in [0.25, 0.3) is 0 Å². The molecule has 0 heterocycles. The third-order valence-electron chi connectivity index (χ3n) is 2.15. The topological polar surface area (TPSA) is 52.3 Å². The molecule has 2 rings (SSSR count). The minimum atomic E-state index is -0.342. The fraction of sp³-hybridized carbons (Fsp3) is 0.0833. The number of benzene rings is 2. The number of rotatable bonds is 1. The van der Waals surface area contributed by atoms with Gasteiger partial charge in [-0.15, -0.1) is 0 Å². The van der Waals surface area contributed by atoms with Crippen LogP contribution >= 0.6 is 0 Å². The molecule has 0 aliphatic heterocycles. The number of nitrogens with two attached hydrogens (primary N) is 1. The first-order valence-corrected chi connectivity index (χ1v) is 4.64. The van der Waals surface area contributed by atoms with Crippen molar-refractivity contribution in [3.8, 4) is 5.75 Å². The van der Waals surface area contributed by atoms with E-state index in [9.17, 15) is 4.79 Å². The summed E-state index contributed by atoms with van der Waals surface area (Å²) >= 11 is 0. The monoisotopic (exact) mass is 201 g/mol. The maximum absolute atomic E-state index is 10.9. The van der Waals surface area contributed by atoms with Crippen LogP contribution in [0, 0.1) is 0 Å². The summed E-state index contributed by atoms with van der Waals surface area (Å²) in [6.45, 7) is 1.37. The summed E-state index contributed by atoms with van der Waals surface area (Å²) in [7, 11) is 0. The molecule has 0 saturated heterocycles. The van der Waals surface area contributed by atoms with Crippen LogP contribution in [0.3, 0.4) is 0 Å². The summed E-state index contributed by atoms with van der Waals surface area (Å²) in [5, 5.41) is 1.75. The third-order valence-corrected chi connectivity index (χ3v) is 2.15. The summed E-state index contributed by atoms with van der Waals surface area (Å²) in [6.07, 6.45) is 0. The zero-order chi connectivity index (χ0) is 10.8. The smallest absolute Gasteiger partial charge is 0.308 e. The highest BCUT2D eigenvalue weighted by molar-refractivity contribution is 5.98. The van der Waals surface area contributed by atoms with Crippen molar-refractivity contribution in [2.45, 2.75) is 6.92 Å². The van der Waals surface area contributed by atoms with Gasteiger partial charge in [-0.2, -0.15) is 0 Å². The van der Waals surface area contributed by atoms with Crippen molar-refractivity contribution < 1.29 is 9.53 Å². The average molecular weight is 201 g/mol. The van der Waals surface area contributed by atoms with Gasteiger partial charge in [-0.3, -0.25) is 4.79 Å². The van der Waals surface area contributed by atoms with Crippen molar-refractivity contribution >= 4 is 22.4 Å². The Morgan fingerprint density at radius 2 is 1.87 bits per heavy atom. The normalized spacial score (nSPS) is 10.2. The van der Waals surface area contributed by atoms with Crippen molar-refractivity contribution in [1.82, 2.24) is 0 Å². The number of hydrogen-bond donors (Lipinski definition) is 1. The molecule has 0 unspecified atom stereocenters. The summed E-state index contributed by atoms with van der Waals surface area (Å²) in [4.78, 5) is 10.9. The average Bonchev–Trinajstić information content (AvgIpc) is 2.17. The van der Waals surface area contributed by atoms with E-state index in [1.165, 1.54) is 6.92 Å². The molecule has 2 aromatic rings. The van der Waals surface area contributed by atoms with Crippen LogP contribution < -0.4 is 10.5 Å². The number of fused-ring (bicyclic) bond motifs is 1. The van der Waals surface area contributed by atoms with E-state index < -0.39 is 0 Å². The fourth-order valence-electron chi connectivity index (χ4n) is 1.57. The molecule has 3 nitrogen and oxygen atoms in total. The minimum Gasteiger partial charge on any atom is -0.426 e. The Morgan fingerprint density at radius 1 is 1.20 bits per heavy atom. The van der Waals surface area contributed by atoms with Crippen LogP contribution in [-0.4, -0.2) is 5.97 Å². The van der Waals surface area contributed by atoms with Crippen molar-refractivity contribution in [2.24, 2.45) is 0 Å². The molecule has 0 aliphatic carbocycles. The zero-order valence-corrected chi connectivity index (χ0v) is 8.36. The van der Waals surface area contributed by atoms with Gasteiger partial charge in [-0.1, -0.05) is 24.3 Å². The number of esters is 1. The van der Waals surface area contributed by atoms with Gasteiger partial charge in [0.1, 0.15) is 5.75 Å². The van der Waals surface area contributed by atoms with Gasteiger partial charge in [0.2, 0.25) is 0 Å². The van der Waals surface area contributed by atoms with Crippen LogP contribution in [0.4, 0.5) is 5.69 Å². The van der Waals surface area contributed by atoms with Crippen LogP contribution in [0.25, 0.3) is 10.8 Å². The lowest BCUT2D eigenvalue weighted by atomic mass is 10.1. The molecule has 0 amide bonds. The lowest BCUT2D eigenvalue weighted by Gasteiger charge is -2.07. The molecule has 0 bridgehead atoms. The highest BCUT2D eigenvalue weighted by Crippen LogP contribution is 2.30. The Hall–Kier alpha value is -2.03. The first-order chi connectivity index (χ1) is 7.18. The van der Waals surface area contributed by atoms with E-state index in [1.807, 2.05) is 24.3 Å². The molecular formula is C12H11NO2. The van der Waals surface area contributed by atoms with Crippen LogP contribution in [0.15, 0.2) is 36.4 Å². The highest BCUT2D eigenvalue weighted by Gasteiger charge is 2.06. The SMILES string of the molecule is CC(=O)Oc1cccc2cccc(N)c12. The number of nitrogen functional groups attached to an aromatic ring is 1. The van der Waals surface area contributed by atoms with Gasteiger partial charge in [0, 0.05) is 18.0 Å². The van der Waals surface area contributed by atoms with E-state index in [0.717, 1.165) is 10.8 Å². The van der Waals surface area contributed by atoms with E-state index in [4.69, 9.17) is 10.5 Å². The fourth-order valence-corrected chi connectivity index (χ4v) is 1.57. The number of anilines is 1. The van der Waals surface area contributed by atoms with E-state index in [-0.39, 0.29) is 5.97 Å². The summed E-state index contributed by atoms with van der Waals surface area (Å²) in [5.74, 6) is 0.170. The Balaban J connectivity index is 2.68. The maximum Gasteiger partial charge on any atom is 0.308 e. The van der Waals surface area contributed by atoms with Gasteiger partial charge in [-0.05, 0) is 17.5 Å². The Kier molecular flexibility index (Phi) is 2.29. The number of ether oxygens (including phenoxy) is 1. The van der Waals surface area contributed by atoms with Gasteiger partial charge in [0.15, 0.2) is 0 Å². The zero-order valence-electron chi connectivity index (χ0n) is 8.36. The maximum atomic E-state index is 10.9. The van der Waals surface area contributed by atoms with Gasteiger partial charge < -0.3 is 10.5 Å². The molecule has 0 radical (unpaired) electrons. The van der Waals surface area contributed by atoms with E-state index in [2.05, 4.69) is 0 Å². The Bertz CT molecular complexity index is 515. The second-order valence-electron chi connectivity index (χ2n) is 3.30. The van der Waals surface area contributed by atoms with Gasteiger partial charge >= 0.3 is 5.97 Å². The predicted molar refractivity (Wildman–Crippen MR) is 59.7 cm³/mol. The Morgan fingerprint density at radius 3 is 2.53 bits per heavy atom. The van der Waals surface area contributed by atoms with Gasteiger partial charge in [0.05, 0.1) is 0 Å². The van der Waals surface area contributed by atoms with Crippen molar-refractivity contribution in [3.05, 3.63) is 36.4 Å². The molecule has 0 spiro atoms. The second kappa shape index (κ2) is 3.61. The standard InChI is InChI=1S/C12H11NO2/c1-8(14)15-11-7-3-5-9-4-2-6-10(13)12(9)11/h2-7H,13H2,1H3. The molecule has 2 aromatic carbocycles. The van der Waals surface area contributed by atoms with E-state index >= 15 is 0 Å². The summed E-state index contributed by atoms with van der Waals surface area (Å²) < 4.78 is 5.09. The quantitative estimate of drug-likeness (QED) is 0.437. The molecule has 76 valence electrons. The van der Waals surface area contributed by atoms with Crippen LogP contribution in [-0.2, 0) is 4.79 Å². The summed E-state index contributed by atoms with van der Waals surface area (Å²) in [6, 6.07) is 11.1. The van der Waals surface area contributed by atoms with E-state index in [1.54, 1.807) is 12.1 Å². The number of carbonyl (C=O) groups is 1. The second-order valence-corrected chi connectivity index (χ2v) is 3.30. The summed E-state index contributed by atoms with van der Waals surface area (Å²) in [5.41, 5.74) is 6.46. The highest BCUT2D eigenvalue weighted by atomic mass is 16.5. The van der Waals surface area contributed by atoms with Crippen LogP contribution in [0.1, 0.15) is 6.92 Å². The van der Waals surface area contributed by atoms with Crippen LogP contribution in [0.5, 0.6) is 5.75 Å².